The molecule has 1 fully saturated rings. The third-order valence-corrected chi connectivity index (χ3v) is 6.15. The first-order chi connectivity index (χ1) is 16.8. The highest BCUT2D eigenvalue weighted by atomic mass is 16.7. The molecule has 4 rings (SSSR count). The van der Waals surface area contributed by atoms with Crippen LogP contribution in [0.15, 0.2) is 54.6 Å². The predicted molar refractivity (Wildman–Crippen MR) is 128 cm³/mol. The quantitative estimate of drug-likeness (QED) is 0.381. The number of rotatable bonds is 8. The maximum atomic E-state index is 10.5. The number of ether oxygens (including phenoxy) is 3. The molecule has 1 saturated heterocycles. The highest BCUT2D eigenvalue weighted by Crippen LogP contribution is 2.34. The van der Waals surface area contributed by atoms with E-state index in [0.29, 0.717) is 6.42 Å². The molecular formula is C26H32N2O7. The summed E-state index contributed by atoms with van der Waals surface area (Å²) in [7, 11) is 1.61. The van der Waals surface area contributed by atoms with Crippen molar-refractivity contribution in [1.29, 1.82) is 0 Å². The van der Waals surface area contributed by atoms with Crippen molar-refractivity contribution in [2.45, 2.75) is 56.9 Å². The topological polar surface area (TPSA) is 126 Å². The molecule has 0 amide bonds. The molecule has 4 N–H and O–H groups in total. The van der Waals surface area contributed by atoms with E-state index in [1.807, 2.05) is 59.3 Å². The van der Waals surface area contributed by atoms with E-state index < -0.39 is 37.3 Å². The molecule has 3 aromatic rings. The maximum Gasteiger partial charge on any atom is 0.239 e. The molecule has 0 unspecified atom stereocenters. The van der Waals surface area contributed by atoms with Crippen molar-refractivity contribution in [3.8, 4) is 17.3 Å². The Labute approximate surface area is 204 Å². The second kappa shape index (κ2) is 10.8. The molecule has 35 heavy (non-hydrogen) atoms. The molecule has 9 nitrogen and oxygen atoms in total. The van der Waals surface area contributed by atoms with Gasteiger partial charge in [0.25, 0.3) is 0 Å². The van der Waals surface area contributed by atoms with Gasteiger partial charge < -0.3 is 34.6 Å². The summed E-state index contributed by atoms with van der Waals surface area (Å²) >= 11 is 0. The summed E-state index contributed by atoms with van der Waals surface area (Å²) in [5.74, 6) is 1.05. The monoisotopic (exact) mass is 484 g/mol. The van der Waals surface area contributed by atoms with Crippen LogP contribution in [0.25, 0.3) is 5.69 Å². The molecule has 0 saturated carbocycles. The fraction of sp³-hybridized carbons (Fsp3) is 0.423. The van der Waals surface area contributed by atoms with Crippen molar-refractivity contribution in [2.75, 3.05) is 13.7 Å². The van der Waals surface area contributed by atoms with Crippen LogP contribution < -0.4 is 9.47 Å². The molecule has 1 aromatic heterocycles. The van der Waals surface area contributed by atoms with E-state index in [0.717, 1.165) is 28.3 Å². The fourth-order valence-electron chi connectivity index (χ4n) is 4.28. The Hall–Kier alpha value is -2.95. The molecule has 2 heterocycles. The molecule has 2 aromatic carbocycles. The first kappa shape index (κ1) is 25.2. The smallest absolute Gasteiger partial charge is 0.239 e. The van der Waals surface area contributed by atoms with Crippen LogP contribution in [0.5, 0.6) is 11.6 Å². The van der Waals surface area contributed by atoms with Gasteiger partial charge in [-0.2, -0.15) is 0 Å². The second-order valence-electron chi connectivity index (χ2n) is 8.91. The van der Waals surface area contributed by atoms with Gasteiger partial charge in [0, 0.05) is 12.0 Å². The van der Waals surface area contributed by atoms with Crippen molar-refractivity contribution >= 4 is 0 Å². The van der Waals surface area contributed by atoms with Crippen LogP contribution in [0, 0.1) is 0 Å². The summed E-state index contributed by atoms with van der Waals surface area (Å²) < 4.78 is 18.7. The Balaban J connectivity index is 1.77. The van der Waals surface area contributed by atoms with Crippen LogP contribution in [0.2, 0.25) is 0 Å². The first-order valence-corrected chi connectivity index (χ1v) is 11.6. The van der Waals surface area contributed by atoms with Gasteiger partial charge >= 0.3 is 0 Å². The number of aliphatic hydroxyl groups is 4. The average Bonchev–Trinajstić information content (AvgIpc) is 3.23. The molecule has 5 atom stereocenters. The van der Waals surface area contributed by atoms with Gasteiger partial charge in [-0.1, -0.05) is 44.2 Å². The molecule has 0 bridgehead atoms. The molecule has 1 aliphatic rings. The summed E-state index contributed by atoms with van der Waals surface area (Å²) in [4.78, 5) is 0. The van der Waals surface area contributed by atoms with Crippen LogP contribution in [0.3, 0.4) is 0 Å². The Bertz CT molecular complexity index is 1100. The van der Waals surface area contributed by atoms with Crippen molar-refractivity contribution in [2.24, 2.45) is 0 Å². The zero-order chi connectivity index (χ0) is 25.1. The van der Waals surface area contributed by atoms with E-state index >= 15 is 0 Å². The molecule has 1 aliphatic heterocycles. The van der Waals surface area contributed by atoms with Crippen molar-refractivity contribution < 1.29 is 34.6 Å². The third-order valence-electron chi connectivity index (χ3n) is 6.15. The van der Waals surface area contributed by atoms with Crippen LogP contribution in [0.1, 0.15) is 36.6 Å². The van der Waals surface area contributed by atoms with Gasteiger partial charge in [0.05, 0.1) is 25.1 Å². The zero-order valence-corrected chi connectivity index (χ0v) is 20.0. The minimum atomic E-state index is -1.54. The number of para-hydroxylation sites is 1. The van der Waals surface area contributed by atoms with E-state index in [9.17, 15) is 20.4 Å². The van der Waals surface area contributed by atoms with Gasteiger partial charge in [0.1, 0.15) is 30.2 Å². The zero-order valence-electron chi connectivity index (χ0n) is 20.0. The van der Waals surface area contributed by atoms with Crippen LogP contribution >= 0.6 is 0 Å². The van der Waals surface area contributed by atoms with Gasteiger partial charge in [-0.05, 0) is 35.7 Å². The maximum absolute atomic E-state index is 10.5. The average molecular weight is 485 g/mol. The summed E-state index contributed by atoms with van der Waals surface area (Å²) in [5.41, 5.74) is 3.56. The van der Waals surface area contributed by atoms with E-state index in [4.69, 9.17) is 19.3 Å². The summed E-state index contributed by atoms with van der Waals surface area (Å²) in [5, 5.41) is 45.1. The van der Waals surface area contributed by atoms with Gasteiger partial charge in [0.2, 0.25) is 12.2 Å². The number of aliphatic hydroxyl groups excluding tert-OH is 4. The summed E-state index contributed by atoms with van der Waals surface area (Å²) in [6, 6.07) is 17.3. The van der Waals surface area contributed by atoms with Crippen molar-refractivity contribution in [3.63, 3.8) is 0 Å². The Morgan fingerprint density at radius 2 is 1.66 bits per heavy atom. The lowest BCUT2D eigenvalue weighted by Gasteiger charge is -2.39. The lowest BCUT2D eigenvalue weighted by molar-refractivity contribution is -0.278. The van der Waals surface area contributed by atoms with Crippen LogP contribution in [-0.2, 0) is 11.2 Å². The normalized spacial score (nSPS) is 24.5. The highest BCUT2D eigenvalue weighted by molar-refractivity contribution is 5.44. The summed E-state index contributed by atoms with van der Waals surface area (Å²) in [6.45, 7) is 3.58. The molecule has 0 aliphatic carbocycles. The van der Waals surface area contributed by atoms with E-state index in [1.165, 1.54) is 0 Å². The molecular weight excluding hydrogens is 452 g/mol. The molecule has 0 radical (unpaired) electrons. The lowest BCUT2D eigenvalue weighted by Crippen LogP contribution is -2.60. The van der Waals surface area contributed by atoms with Gasteiger partial charge in [-0.15, -0.1) is 5.10 Å². The Morgan fingerprint density at radius 3 is 2.26 bits per heavy atom. The minimum absolute atomic E-state index is 0.0723. The number of aromatic nitrogens is 2. The highest BCUT2D eigenvalue weighted by Gasteiger charge is 2.45. The van der Waals surface area contributed by atoms with Crippen molar-refractivity contribution in [3.05, 3.63) is 71.4 Å². The fourth-order valence-corrected chi connectivity index (χ4v) is 4.28. The SMILES string of the molecule is COc1ccc(Cc2c(O[C@@H]3O[C@H](CO)[C@@H](O)[C@H](O)[C@H]3O)nn(-c3ccccc3)c2C(C)C)cc1. The third kappa shape index (κ3) is 5.19. The molecule has 0 spiro atoms. The van der Waals surface area contributed by atoms with E-state index in [1.54, 1.807) is 7.11 Å². The predicted octanol–water partition coefficient (Wildman–Crippen LogP) is 1.77. The Kier molecular flexibility index (Phi) is 7.73. The summed E-state index contributed by atoms with van der Waals surface area (Å²) in [6.07, 6.45) is -6.48. The standard InChI is InChI=1S/C26H32N2O7/c1-15(2)21-19(13-16-9-11-18(33-3)12-10-16)25(27-28(21)17-7-5-4-6-8-17)35-26-24(32)23(31)22(30)20(14-29)34-26/h4-12,15,20,22-24,26,29-32H,13-14H2,1-3H3/t20-,22-,23+,24-,26+/m1/s1. The second-order valence-corrected chi connectivity index (χ2v) is 8.91. The van der Waals surface area contributed by atoms with Crippen molar-refractivity contribution in [1.82, 2.24) is 9.78 Å². The van der Waals surface area contributed by atoms with Gasteiger partial charge in [-0.25, -0.2) is 4.68 Å². The minimum Gasteiger partial charge on any atom is -0.497 e. The molecule has 9 heteroatoms. The van der Waals surface area contributed by atoms with E-state index in [-0.39, 0.29) is 11.8 Å². The van der Waals surface area contributed by atoms with E-state index in [2.05, 4.69) is 13.8 Å². The lowest BCUT2D eigenvalue weighted by atomic mass is 9.98. The number of hydrogen-bond donors (Lipinski definition) is 4. The number of benzene rings is 2. The number of nitrogens with zero attached hydrogens (tertiary/aromatic N) is 2. The number of hydrogen-bond acceptors (Lipinski definition) is 8. The largest absolute Gasteiger partial charge is 0.497 e. The first-order valence-electron chi connectivity index (χ1n) is 11.6. The van der Waals surface area contributed by atoms with Crippen LogP contribution in [-0.4, -0.2) is 74.6 Å². The van der Waals surface area contributed by atoms with Crippen LogP contribution in [0.4, 0.5) is 0 Å². The van der Waals surface area contributed by atoms with Gasteiger partial charge in [0.15, 0.2) is 0 Å². The number of methoxy groups -OCH3 is 1. The Morgan fingerprint density at radius 1 is 0.971 bits per heavy atom. The molecule has 188 valence electrons. The van der Waals surface area contributed by atoms with Gasteiger partial charge in [-0.3, -0.25) is 0 Å².